The first-order valence-corrected chi connectivity index (χ1v) is 9.57. The third-order valence-corrected chi connectivity index (χ3v) is 4.47. The number of carbonyl (C=O) groups is 2. The van der Waals surface area contributed by atoms with Crippen LogP contribution >= 0.6 is 0 Å². The molecule has 0 heterocycles. The molecule has 3 aromatic carbocycles. The average Bonchev–Trinajstić information content (AvgIpc) is 2.77. The van der Waals surface area contributed by atoms with E-state index in [-0.39, 0.29) is 18.4 Å². The minimum Gasteiger partial charge on any atom is -0.483 e. The second-order valence-electron chi connectivity index (χ2n) is 6.50. The van der Waals surface area contributed by atoms with Gasteiger partial charge in [0.1, 0.15) is 5.75 Å². The van der Waals surface area contributed by atoms with E-state index in [2.05, 4.69) is 5.32 Å². The first-order chi connectivity index (χ1) is 14.2. The summed E-state index contributed by atoms with van der Waals surface area (Å²) in [5.41, 5.74) is 2.14. The van der Waals surface area contributed by atoms with E-state index in [9.17, 15) is 9.59 Å². The molecule has 0 saturated heterocycles. The van der Waals surface area contributed by atoms with Crippen LogP contribution in [0.3, 0.4) is 0 Å². The summed E-state index contributed by atoms with van der Waals surface area (Å²) in [5, 5.41) is 2.84. The predicted octanol–water partition coefficient (Wildman–Crippen LogP) is 4.37. The van der Waals surface area contributed by atoms with Gasteiger partial charge < -0.3 is 15.0 Å². The molecular weight excluding hydrogens is 364 g/mol. The third kappa shape index (κ3) is 5.69. The van der Waals surface area contributed by atoms with E-state index >= 15 is 0 Å². The number of ether oxygens (including phenoxy) is 1. The SMILES string of the molecule is CCN(Cc1ccccc1)C(=O)COc1ccccc1C(=O)Nc1ccccc1. The molecule has 0 aliphatic carbocycles. The monoisotopic (exact) mass is 388 g/mol. The number of para-hydroxylation sites is 2. The van der Waals surface area contributed by atoms with Crippen LogP contribution in [0.2, 0.25) is 0 Å². The first kappa shape index (κ1) is 20.1. The maximum absolute atomic E-state index is 12.6. The van der Waals surface area contributed by atoms with Crippen molar-refractivity contribution in [2.75, 3.05) is 18.5 Å². The molecule has 1 N–H and O–H groups in total. The van der Waals surface area contributed by atoms with Gasteiger partial charge in [0.25, 0.3) is 11.8 Å². The Morgan fingerprint density at radius 2 is 1.48 bits per heavy atom. The van der Waals surface area contributed by atoms with Gasteiger partial charge in [-0.05, 0) is 36.8 Å². The van der Waals surface area contributed by atoms with E-state index in [0.29, 0.717) is 30.1 Å². The molecule has 0 unspecified atom stereocenters. The van der Waals surface area contributed by atoms with E-state index in [0.717, 1.165) is 5.56 Å². The van der Waals surface area contributed by atoms with Gasteiger partial charge in [-0.15, -0.1) is 0 Å². The van der Waals surface area contributed by atoms with Gasteiger partial charge in [0.2, 0.25) is 0 Å². The number of likely N-dealkylation sites (N-methyl/N-ethyl adjacent to an activating group) is 1. The average molecular weight is 388 g/mol. The summed E-state index contributed by atoms with van der Waals surface area (Å²) in [7, 11) is 0. The summed E-state index contributed by atoms with van der Waals surface area (Å²) in [4.78, 5) is 27.0. The highest BCUT2D eigenvalue weighted by molar-refractivity contribution is 6.06. The number of hydrogen-bond donors (Lipinski definition) is 1. The number of nitrogens with zero attached hydrogens (tertiary/aromatic N) is 1. The van der Waals surface area contributed by atoms with Crippen molar-refractivity contribution in [3.8, 4) is 5.75 Å². The van der Waals surface area contributed by atoms with Crippen LogP contribution in [0.1, 0.15) is 22.8 Å². The Labute approximate surface area is 170 Å². The van der Waals surface area contributed by atoms with Gasteiger partial charge >= 0.3 is 0 Å². The van der Waals surface area contributed by atoms with Gasteiger partial charge in [0.05, 0.1) is 5.56 Å². The topological polar surface area (TPSA) is 58.6 Å². The quantitative estimate of drug-likeness (QED) is 0.623. The van der Waals surface area contributed by atoms with E-state index in [4.69, 9.17) is 4.74 Å². The lowest BCUT2D eigenvalue weighted by atomic mass is 10.2. The number of amides is 2. The van der Waals surface area contributed by atoms with Gasteiger partial charge in [-0.1, -0.05) is 60.7 Å². The van der Waals surface area contributed by atoms with Crippen LogP contribution in [-0.2, 0) is 11.3 Å². The molecule has 0 aromatic heterocycles. The number of carbonyl (C=O) groups excluding carboxylic acids is 2. The number of anilines is 1. The molecule has 0 spiro atoms. The van der Waals surface area contributed by atoms with Crippen LogP contribution in [-0.4, -0.2) is 29.9 Å². The summed E-state index contributed by atoms with van der Waals surface area (Å²) in [6.07, 6.45) is 0. The van der Waals surface area contributed by atoms with Crippen molar-refractivity contribution in [1.29, 1.82) is 0 Å². The predicted molar refractivity (Wildman–Crippen MR) is 114 cm³/mol. The molecular formula is C24H24N2O3. The number of benzene rings is 3. The fourth-order valence-corrected chi connectivity index (χ4v) is 2.91. The van der Waals surface area contributed by atoms with E-state index < -0.39 is 0 Å². The summed E-state index contributed by atoms with van der Waals surface area (Å²) in [6.45, 7) is 2.90. The van der Waals surface area contributed by atoms with Crippen molar-refractivity contribution in [3.05, 3.63) is 96.1 Å². The Hall–Kier alpha value is -3.60. The van der Waals surface area contributed by atoms with Gasteiger partial charge in [0.15, 0.2) is 6.61 Å². The largest absolute Gasteiger partial charge is 0.483 e. The summed E-state index contributed by atoms with van der Waals surface area (Å²) >= 11 is 0. The zero-order chi connectivity index (χ0) is 20.5. The van der Waals surface area contributed by atoms with Crippen LogP contribution in [0.4, 0.5) is 5.69 Å². The third-order valence-electron chi connectivity index (χ3n) is 4.47. The molecule has 0 aliphatic rings. The Morgan fingerprint density at radius 3 is 2.17 bits per heavy atom. The molecule has 0 radical (unpaired) electrons. The van der Waals surface area contributed by atoms with Crippen molar-refractivity contribution >= 4 is 17.5 Å². The molecule has 0 atom stereocenters. The maximum Gasteiger partial charge on any atom is 0.260 e. The molecule has 3 aromatic rings. The zero-order valence-electron chi connectivity index (χ0n) is 16.4. The Kier molecular flexibility index (Phi) is 7.00. The van der Waals surface area contributed by atoms with Crippen LogP contribution in [0, 0.1) is 0 Å². The summed E-state index contributed by atoms with van der Waals surface area (Å²) in [5.74, 6) is -0.0319. The van der Waals surface area contributed by atoms with E-state index in [1.807, 2.05) is 67.6 Å². The van der Waals surface area contributed by atoms with Crippen molar-refractivity contribution in [2.45, 2.75) is 13.5 Å². The second-order valence-corrected chi connectivity index (χ2v) is 6.50. The fourth-order valence-electron chi connectivity index (χ4n) is 2.91. The zero-order valence-corrected chi connectivity index (χ0v) is 16.4. The molecule has 2 amide bonds. The van der Waals surface area contributed by atoms with Crippen LogP contribution < -0.4 is 10.1 Å². The van der Waals surface area contributed by atoms with E-state index in [1.54, 1.807) is 29.2 Å². The molecule has 5 nitrogen and oxygen atoms in total. The molecule has 0 bridgehead atoms. The lowest BCUT2D eigenvalue weighted by molar-refractivity contribution is -0.133. The van der Waals surface area contributed by atoms with Crippen molar-refractivity contribution in [3.63, 3.8) is 0 Å². The lowest BCUT2D eigenvalue weighted by Crippen LogP contribution is -2.34. The highest BCUT2D eigenvalue weighted by Gasteiger charge is 2.16. The van der Waals surface area contributed by atoms with Crippen molar-refractivity contribution in [1.82, 2.24) is 4.90 Å². The lowest BCUT2D eigenvalue weighted by Gasteiger charge is -2.21. The summed E-state index contributed by atoms with van der Waals surface area (Å²) in [6, 6.07) is 25.9. The maximum atomic E-state index is 12.6. The molecule has 5 heteroatoms. The smallest absolute Gasteiger partial charge is 0.260 e. The molecule has 0 saturated carbocycles. The Balaban J connectivity index is 1.64. The fraction of sp³-hybridized carbons (Fsp3) is 0.167. The molecule has 148 valence electrons. The molecule has 0 fully saturated rings. The minimum atomic E-state index is -0.282. The number of hydrogen-bond acceptors (Lipinski definition) is 3. The standard InChI is InChI=1S/C24H24N2O3/c1-2-26(17-19-11-5-3-6-12-19)23(27)18-29-22-16-10-9-15-21(22)24(28)25-20-13-7-4-8-14-20/h3-16H,2,17-18H2,1H3,(H,25,28). The van der Waals surface area contributed by atoms with Crippen LogP contribution in [0.15, 0.2) is 84.9 Å². The van der Waals surface area contributed by atoms with Crippen LogP contribution in [0.25, 0.3) is 0 Å². The minimum absolute atomic E-state index is 0.129. The highest BCUT2D eigenvalue weighted by Crippen LogP contribution is 2.20. The van der Waals surface area contributed by atoms with E-state index in [1.165, 1.54) is 0 Å². The van der Waals surface area contributed by atoms with Crippen LogP contribution in [0.5, 0.6) is 5.75 Å². The van der Waals surface area contributed by atoms with Crippen molar-refractivity contribution in [2.24, 2.45) is 0 Å². The molecule has 29 heavy (non-hydrogen) atoms. The Morgan fingerprint density at radius 1 is 0.862 bits per heavy atom. The van der Waals surface area contributed by atoms with Gasteiger partial charge in [-0.3, -0.25) is 9.59 Å². The molecule has 3 rings (SSSR count). The van der Waals surface area contributed by atoms with Gasteiger partial charge in [-0.25, -0.2) is 0 Å². The van der Waals surface area contributed by atoms with Gasteiger partial charge in [0, 0.05) is 18.8 Å². The second kappa shape index (κ2) is 10.1. The summed E-state index contributed by atoms with van der Waals surface area (Å²) < 4.78 is 5.73. The van der Waals surface area contributed by atoms with Crippen molar-refractivity contribution < 1.29 is 14.3 Å². The highest BCUT2D eigenvalue weighted by atomic mass is 16.5. The van der Waals surface area contributed by atoms with Gasteiger partial charge in [-0.2, -0.15) is 0 Å². The normalized spacial score (nSPS) is 10.2. The molecule has 0 aliphatic heterocycles. The Bertz CT molecular complexity index is 943. The number of rotatable bonds is 8. The first-order valence-electron chi connectivity index (χ1n) is 9.57. The number of nitrogens with one attached hydrogen (secondary N) is 1.